The summed E-state index contributed by atoms with van der Waals surface area (Å²) in [5, 5.41) is 11.7. The van der Waals surface area contributed by atoms with Crippen LogP contribution in [0.4, 0.5) is 10.8 Å². The third-order valence-corrected chi connectivity index (χ3v) is 5.79. The van der Waals surface area contributed by atoms with E-state index in [1.54, 1.807) is 30.0 Å². The topological polar surface area (TPSA) is 80.9 Å². The predicted molar refractivity (Wildman–Crippen MR) is 104 cm³/mol. The second-order valence-corrected chi connectivity index (χ2v) is 7.95. The summed E-state index contributed by atoms with van der Waals surface area (Å²) in [4.78, 5) is 12.3. The summed E-state index contributed by atoms with van der Waals surface area (Å²) >= 11 is 9.01. The Morgan fingerprint density at radius 3 is 2.64 bits per heavy atom. The molecule has 0 spiro atoms. The third kappa shape index (κ3) is 4.72. The van der Waals surface area contributed by atoms with Crippen molar-refractivity contribution in [2.24, 2.45) is 0 Å². The summed E-state index contributed by atoms with van der Waals surface area (Å²) in [6, 6.07) is 12.9. The molecule has 3 N–H and O–H groups in total. The molecule has 0 fully saturated rings. The maximum absolute atomic E-state index is 12.3. The van der Waals surface area contributed by atoms with E-state index in [-0.39, 0.29) is 5.91 Å². The number of benzene rings is 2. The van der Waals surface area contributed by atoms with Gasteiger partial charge in [-0.05, 0) is 42.3 Å². The molecule has 2 aromatic carbocycles. The quantitative estimate of drug-likeness (QED) is 0.621. The Morgan fingerprint density at radius 1 is 1.24 bits per heavy atom. The minimum absolute atomic E-state index is 0.170. The SMILES string of the molecule is Cc1ccc(NC(=O)c2ccc(CSc3nnc(N)s3)cc2)cc1Cl. The Labute approximate surface area is 158 Å². The minimum Gasteiger partial charge on any atom is -0.374 e. The molecule has 5 nitrogen and oxygen atoms in total. The van der Waals surface area contributed by atoms with E-state index in [0.717, 1.165) is 21.2 Å². The van der Waals surface area contributed by atoms with E-state index in [1.165, 1.54) is 11.3 Å². The monoisotopic (exact) mass is 390 g/mol. The summed E-state index contributed by atoms with van der Waals surface area (Å²) < 4.78 is 0.829. The third-order valence-electron chi connectivity index (χ3n) is 3.43. The molecule has 8 heteroatoms. The molecule has 1 heterocycles. The van der Waals surface area contributed by atoms with Crippen molar-refractivity contribution in [2.45, 2.75) is 17.0 Å². The largest absolute Gasteiger partial charge is 0.374 e. The fraction of sp³-hybridized carbons (Fsp3) is 0.118. The van der Waals surface area contributed by atoms with Gasteiger partial charge in [-0.3, -0.25) is 4.79 Å². The zero-order valence-corrected chi connectivity index (χ0v) is 15.7. The number of thioether (sulfide) groups is 1. The second kappa shape index (κ2) is 7.86. The molecule has 0 atom stereocenters. The number of halogens is 1. The van der Waals surface area contributed by atoms with Gasteiger partial charge in [-0.1, -0.05) is 52.9 Å². The van der Waals surface area contributed by atoms with E-state index >= 15 is 0 Å². The van der Waals surface area contributed by atoms with Crippen molar-refractivity contribution < 1.29 is 4.79 Å². The first-order chi connectivity index (χ1) is 12.0. The molecular formula is C17H15ClN4OS2. The molecule has 3 aromatic rings. The Balaban J connectivity index is 1.60. The van der Waals surface area contributed by atoms with Crippen LogP contribution in [-0.2, 0) is 5.75 Å². The fourth-order valence-electron chi connectivity index (χ4n) is 2.05. The average Bonchev–Trinajstić information content (AvgIpc) is 3.02. The first-order valence-electron chi connectivity index (χ1n) is 7.39. The van der Waals surface area contributed by atoms with Crippen LogP contribution in [0, 0.1) is 6.92 Å². The van der Waals surface area contributed by atoms with Gasteiger partial charge >= 0.3 is 0 Å². The van der Waals surface area contributed by atoms with E-state index in [0.29, 0.717) is 21.4 Å². The van der Waals surface area contributed by atoms with Gasteiger partial charge < -0.3 is 11.1 Å². The zero-order valence-electron chi connectivity index (χ0n) is 13.3. The molecule has 0 aliphatic heterocycles. The van der Waals surface area contributed by atoms with Crippen LogP contribution in [0.2, 0.25) is 5.02 Å². The Morgan fingerprint density at radius 2 is 2.00 bits per heavy atom. The van der Waals surface area contributed by atoms with Crippen LogP contribution in [0.25, 0.3) is 0 Å². The maximum atomic E-state index is 12.3. The van der Waals surface area contributed by atoms with E-state index in [2.05, 4.69) is 15.5 Å². The molecule has 0 radical (unpaired) electrons. The van der Waals surface area contributed by atoms with Gasteiger partial charge in [0.05, 0.1) is 0 Å². The second-order valence-electron chi connectivity index (χ2n) is 5.31. The van der Waals surface area contributed by atoms with Gasteiger partial charge in [0.1, 0.15) is 0 Å². The van der Waals surface area contributed by atoms with Gasteiger partial charge in [0.2, 0.25) is 5.13 Å². The van der Waals surface area contributed by atoms with Gasteiger partial charge in [0.25, 0.3) is 5.91 Å². The highest BCUT2D eigenvalue weighted by Gasteiger charge is 2.08. The zero-order chi connectivity index (χ0) is 17.8. The smallest absolute Gasteiger partial charge is 0.255 e. The average molecular weight is 391 g/mol. The number of aromatic nitrogens is 2. The van der Waals surface area contributed by atoms with E-state index in [1.807, 2.05) is 31.2 Å². The molecule has 0 aliphatic rings. The molecule has 0 bridgehead atoms. The predicted octanol–water partition coefficient (Wildman–Crippen LogP) is 4.63. The number of nitrogens with one attached hydrogen (secondary N) is 1. The maximum Gasteiger partial charge on any atom is 0.255 e. The molecule has 0 unspecified atom stereocenters. The fourth-order valence-corrected chi connectivity index (χ4v) is 3.82. The first kappa shape index (κ1) is 17.7. The summed E-state index contributed by atoms with van der Waals surface area (Å²) in [5.41, 5.74) is 8.89. The van der Waals surface area contributed by atoms with Crippen molar-refractivity contribution in [3.05, 3.63) is 64.2 Å². The number of nitrogens with zero attached hydrogens (tertiary/aromatic N) is 2. The van der Waals surface area contributed by atoms with E-state index < -0.39 is 0 Å². The van der Waals surface area contributed by atoms with Crippen LogP contribution in [0.15, 0.2) is 46.8 Å². The number of hydrogen-bond acceptors (Lipinski definition) is 6. The van der Waals surface area contributed by atoms with Crippen molar-refractivity contribution in [3.8, 4) is 0 Å². The molecule has 128 valence electrons. The number of carbonyl (C=O) groups is 1. The number of nitrogens with two attached hydrogens (primary N) is 1. The number of rotatable bonds is 5. The van der Waals surface area contributed by atoms with Crippen LogP contribution < -0.4 is 11.1 Å². The molecule has 0 saturated heterocycles. The Kier molecular flexibility index (Phi) is 5.57. The van der Waals surface area contributed by atoms with Crippen LogP contribution in [0.5, 0.6) is 0 Å². The highest BCUT2D eigenvalue weighted by Crippen LogP contribution is 2.27. The number of amides is 1. The number of hydrogen-bond donors (Lipinski definition) is 2. The van der Waals surface area contributed by atoms with Gasteiger partial charge in [0.15, 0.2) is 4.34 Å². The summed E-state index contributed by atoms with van der Waals surface area (Å²) in [5.74, 6) is 0.570. The highest BCUT2D eigenvalue weighted by atomic mass is 35.5. The van der Waals surface area contributed by atoms with Crippen LogP contribution >= 0.6 is 34.7 Å². The van der Waals surface area contributed by atoms with Crippen molar-refractivity contribution in [2.75, 3.05) is 11.1 Å². The molecular weight excluding hydrogens is 376 g/mol. The van der Waals surface area contributed by atoms with Crippen molar-refractivity contribution in [1.82, 2.24) is 10.2 Å². The minimum atomic E-state index is -0.170. The van der Waals surface area contributed by atoms with Crippen molar-refractivity contribution in [3.63, 3.8) is 0 Å². The van der Waals surface area contributed by atoms with Crippen molar-refractivity contribution in [1.29, 1.82) is 0 Å². The number of nitrogen functional groups attached to an aromatic ring is 1. The lowest BCUT2D eigenvalue weighted by molar-refractivity contribution is 0.102. The molecule has 1 aromatic heterocycles. The van der Waals surface area contributed by atoms with Gasteiger partial charge in [-0.15, -0.1) is 10.2 Å². The van der Waals surface area contributed by atoms with Gasteiger partial charge in [-0.2, -0.15) is 0 Å². The normalized spacial score (nSPS) is 10.6. The van der Waals surface area contributed by atoms with E-state index in [4.69, 9.17) is 17.3 Å². The number of anilines is 2. The van der Waals surface area contributed by atoms with E-state index in [9.17, 15) is 4.79 Å². The lowest BCUT2D eigenvalue weighted by Gasteiger charge is -2.07. The lowest BCUT2D eigenvalue weighted by atomic mass is 10.1. The highest BCUT2D eigenvalue weighted by molar-refractivity contribution is 8.00. The Hall–Kier alpha value is -2.09. The summed E-state index contributed by atoms with van der Waals surface area (Å²) in [6.45, 7) is 1.92. The van der Waals surface area contributed by atoms with Crippen LogP contribution in [0.1, 0.15) is 21.5 Å². The van der Waals surface area contributed by atoms with Crippen molar-refractivity contribution >= 4 is 51.4 Å². The molecule has 0 aliphatic carbocycles. The van der Waals surface area contributed by atoms with Gasteiger partial charge in [0, 0.05) is 22.0 Å². The number of aryl methyl sites for hydroxylation is 1. The van der Waals surface area contributed by atoms with Gasteiger partial charge in [-0.25, -0.2) is 0 Å². The van der Waals surface area contributed by atoms with Crippen LogP contribution in [0.3, 0.4) is 0 Å². The number of carbonyl (C=O) groups excluding carboxylic acids is 1. The standard InChI is InChI=1S/C17H15ClN4OS2/c1-10-2-7-13(8-14(10)18)20-15(23)12-5-3-11(4-6-12)9-24-17-22-21-16(19)25-17/h2-8H,9H2,1H3,(H2,19,21)(H,20,23). The van der Waals surface area contributed by atoms with Crippen LogP contribution in [-0.4, -0.2) is 16.1 Å². The molecule has 1 amide bonds. The first-order valence-corrected chi connectivity index (χ1v) is 9.57. The summed E-state index contributed by atoms with van der Waals surface area (Å²) in [7, 11) is 0. The molecule has 25 heavy (non-hydrogen) atoms. The lowest BCUT2D eigenvalue weighted by Crippen LogP contribution is -2.11. The molecule has 3 rings (SSSR count). The summed E-state index contributed by atoms with van der Waals surface area (Å²) in [6.07, 6.45) is 0. The molecule has 0 saturated carbocycles. The Bertz CT molecular complexity index is 896.